The average Bonchev–Trinajstić information content (AvgIpc) is 2.80. The predicted octanol–water partition coefficient (Wildman–Crippen LogP) is 5.69. The van der Waals surface area contributed by atoms with E-state index in [4.69, 9.17) is 4.74 Å². The minimum absolute atomic E-state index is 0.262. The number of benzene rings is 3. The van der Waals surface area contributed by atoms with Crippen molar-refractivity contribution in [1.82, 2.24) is 9.97 Å². The van der Waals surface area contributed by atoms with Crippen LogP contribution in [0.1, 0.15) is 23.1 Å². The molecule has 0 saturated heterocycles. The smallest absolute Gasteiger partial charge is 0.123 e. The molecule has 0 fully saturated rings. The molecule has 2 heterocycles. The van der Waals surface area contributed by atoms with E-state index in [1.807, 2.05) is 12.4 Å². The van der Waals surface area contributed by atoms with Gasteiger partial charge < -0.3 is 4.74 Å². The minimum atomic E-state index is -0.262. The molecule has 3 heteroatoms. The normalized spacial score (nSPS) is 14.5. The van der Waals surface area contributed by atoms with Crippen molar-refractivity contribution in [3.05, 3.63) is 114 Å². The molecule has 0 atom stereocenters. The largest absolute Gasteiger partial charge is 0.486 e. The van der Waals surface area contributed by atoms with Crippen LogP contribution >= 0.6 is 0 Å². The van der Waals surface area contributed by atoms with Crippen LogP contribution in [0.3, 0.4) is 0 Å². The molecule has 1 aliphatic heterocycles. The third-order valence-corrected chi connectivity index (χ3v) is 5.90. The number of rotatable bonds is 5. The van der Waals surface area contributed by atoms with Crippen LogP contribution < -0.4 is 4.74 Å². The van der Waals surface area contributed by atoms with Crippen LogP contribution in [0.25, 0.3) is 11.1 Å². The van der Waals surface area contributed by atoms with Gasteiger partial charge in [-0.15, -0.1) is 0 Å². The molecule has 3 nitrogen and oxygen atoms in total. The van der Waals surface area contributed by atoms with E-state index in [0.29, 0.717) is 0 Å². The van der Waals surface area contributed by atoms with E-state index in [0.717, 1.165) is 37.0 Å². The molecule has 0 radical (unpaired) electrons. The summed E-state index contributed by atoms with van der Waals surface area (Å²) in [5.41, 5.74) is 5.82. The van der Waals surface area contributed by atoms with Crippen LogP contribution in [-0.4, -0.2) is 15.6 Å². The molecule has 0 amide bonds. The molecule has 1 aromatic heterocycles. The minimum Gasteiger partial charge on any atom is -0.486 e. The molecule has 148 valence electrons. The Labute approximate surface area is 177 Å². The highest BCUT2D eigenvalue weighted by Gasteiger charge is 2.37. The van der Waals surface area contributed by atoms with Gasteiger partial charge in [-0.2, -0.15) is 0 Å². The standard InChI is InChI=1S/C27H24N2O/c1-3-8-21(9-4-1)16-27(17-22-10-5-2-6-11-22)15-14-25-24(12-7-13-26(25)30-27)23-18-28-20-29-19-23/h1-13,18-20H,14-17H2. The lowest BCUT2D eigenvalue weighted by Gasteiger charge is -2.40. The Balaban J connectivity index is 1.52. The zero-order chi connectivity index (χ0) is 20.2. The van der Waals surface area contributed by atoms with E-state index >= 15 is 0 Å². The van der Waals surface area contributed by atoms with Crippen LogP contribution in [-0.2, 0) is 19.3 Å². The van der Waals surface area contributed by atoms with E-state index in [9.17, 15) is 0 Å². The van der Waals surface area contributed by atoms with Crippen molar-refractivity contribution in [3.63, 3.8) is 0 Å². The van der Waals surface area contributed by atoms with E-state index in [1.165, 1.54) is 22.3 Å². The third kappa shape index (κ3) is 3.84. The molecule has 0 N–H and O–H groups in total. The van der Waals surface area contributed by atoms with Crippen LogP contribution in [0.4, 0.5) is 0 Å². The Hall–Kier alpha value is -3.46. The van der Waals surface area contributed by atoms with Crippen LogP contribution in [0.15, 0.2) is 97.6 Å². The van der Waals surface area contributed by atoms with Crippen molar-refractivity contribution >= 4 is 0 Å². The van der Waals surface area contributed by atoms with Crippen molar-refractivity contribution in [3.8, 4) is 16.9 Å². The highest BCUT2D eigenvalue weighted by Crippen LogP contribution is 2.41. The topological polar surface area (TPSA) is 35.0 Å². The second-order valence-corrected chi connectivity index (χ2v) is 8.02. The monoisotopic (exact) mass is 392 g/mol. The fraction of sp³-hybridized carbons (Fsp3) is 0.185. The van der Waals surface area contributed by atoms with Crippen LogP contribution in [0.5, 0.6) is 5.75 Å². The lowest BCUT2D eigenvalue weighted by Crippen LogP contribution is -2.44. The van der Waals surface area contributed by atoms with Gasteiger partial charge in [-0.25, -0.2) is 9.97 Å². The molecule has 4 aromatic rings. The maximum atomic E-state index is 6.85. The van der Waals surface area contributed by atoms with E-state index in [2.05, 4.69) is 88.8 Å². The first kappa shape index (κ1) is 18.6. The second kappa shape index (κ2) is 8.11. The Kier molecular flexibility index (Phi) is 5.02. The van der Waals surface area contributed by atoms with Gasteiger partial charge >= 0.3 is 0 Å². The van der Waals surface area contributed by atoms with Gasteiger partial charge in [0.05, 0.1) is 0 Å². The van der Waals surface area contributed by atoms with Gasteiger partial charge in [0.2, 0.25) is 0 Å². The SMILES string of the molecule is c1ccc(CC2(Cc3ccccc3)CCc3c(cccc3-c3cncnc3)O2)cc1. The molecule has 0 saturated carbocycles. The number of ether oxygens (including phenoxy) is 1. The summed E-state index contributed by atoms with van der Waals surface area (Å²) >= 11 is 0. The summed E-state index contributed by atoms with van der Waals surface area (Å²) in [5.74, 6) is 0.981. The average molecular weight is 393 g/mol. The molecule has 0 aliphatic carbocycles. The second-order valence-electron chi connectivity index (χ2n) is 8.02. The number of aromatic nitrogens is 2. The Morgan fingerprint density at radius 2 is 1.37 bits per heavy atom. The summed E-state index contributed by atoms with van der Waals surface area (Å²) in [6.45, 7) is 0. The summed E-state index contributed by atoms with van der Waals surface area (Å²) in [6.07, 6.45) is 9.03. The molecular weight excluding hydrogens is 368 g/mol. The van der Waals surface area contributed by atoms with Gasteiger partial charge in [0.15, 0.2) is 0 Å². The van der Waals surface area contributed by atoms with Crippen LogP contribution in [0.2, 0.25) is 0 Å². The van der Waals surface area contributed by atoms with Gasteiger partial charge in [0, 0.05) is 36.4 Å². The molecule has 1 aliphatic rings. The first-order valence-corrected chi connectivity index (χ1v) is 10.5. The van der Waals surface area contributed by atoms with E-state index in [-0.39, 0.29) is 5.60 Å². The highest BCUT2D eigenvalue weighted by atomic mass is 16.5. The van der Waals surface area contributed by atoms with Crippen molar-refractivity contribution in [1.29, 1.82) is 0 Å². The Bertz CT molecular complexity index is 1070. The summed E-state index contributed by atoms with van der Waals surface area (Å²) in [5, 5.41) is 0. The maximum absolute atomic E-state index is 6.85. The van der Waals surface area contributed by atoms with Crippen molar-refractivity contribution in [2.24, 2.45) is 0 Å². The molecule has 5 rings (SSSR count). The van der Waals surface area contributed by atoms with Crippen molar-refractivity contribution < 1.29 is 4.74 Å². The van der Waals surface area contributed by atoms with E-state index < -0.39 is 0 Å². The fourth-order valence-electron chi connectivity index (χ4n) is 4.51. The van der Waals surface area contributed by atoms with Crippen LogP contribution in [0, 0.1) is 0 Å². The van der Waals surface area contributed by atoms with Gasteiger partial charge in [-0.05, 0) is 35.6 Å². The summed E-state index contributed by atoms with van der Waals surface area (Å²) in [4.78, 5) is 8.40. The van der Waals surface area contributed by atoms with Gasteiger partial charge in [0.25, 0.3) is 0 Å². The van der Waals surface area contributed by atoms with E-state index in [1.54, 1.807) is 6.33 Å². The third-order valence-electron chi connectivity index (χ3n) is 5.90. The number of hydrogen-bond donors (Lipinski definition) is 0. The van der Waals surface area contributed by atoms with Gasteiger partial charge in [-0.1, -0.05) is 72.8 Å². The number of hydrogen-bond acceptors (Lipinski definition) is 3. The molecule has 0 spiro atoms. The molecule has 0 bridgehead atoms. The zero-order valence-corrected chi connectivity index (χ0v) is 16.9. The summed E-state index contributed by atoms with van der Waals surface area (Å²) in [6, 6.07) is 27.7. The maximum Gasteiger partial charge on any atom is 0.123 e. The van der Waals surface area contributed by atoms with Gasteiger partial charge in [-0.3, -0.25) is 0 Å². The predicted molar refractivity (Wildman–Crippen MR) is 119 cm³/mol. The highest BCUT2D eigenvalue weighted by molar-refractivity contribution is 5.69. The first-order chi connectivity index (χ1) is 14.8. The molecule has 30 heavy (non-hydrogen) atoms. The van der Waals surface area contributed by atoms with Crippen molar-refractivity contribution in [2.45, 2.75) is 31.3 Å². The summed E-state index contributed by atoms with van der Waals surface area (Å²) < 4.78 is 6.85. The van der Waals surface area contributed by atoms with Crippen molar-refractivity contribution in [2.75, 3.05) is 0 Å². The van der Waals surface area contributed by atoms with Gasteiger partial charge in [0.1, 0.15) is 17.7 Å². The molecule has 0 unspecified atom stereocenters. The number of nitrogens with zero attached hydrogens (tertiary/aromatic N) is 2. The molecule has 3 aromatic carbocycles. The zero-order valence-electron chi connectivity index (χ0n) is 16.9. The lowest BCUT2D eigenvalue weighted by atomic mass is 9.80. The Morgan fingerprint density at radius 3 is 2.00 bits per heavy atom. The molecular formula is C27H24N2O. The first-order valence-electron chi connectivity index (χ1n) is 10.5. The fourth-order valence-corrected chi connectivity index (χ4v) is 4.51. The Morgan fingerprint density at radius 1 is 0.733 bits per heavy atom. The lowest BCUT2D eigenvalue weighted by molar-refractivity contribution is 0.0466. The summed E-state index contributed by atoms with van der Waals surface area (Å²) in [7, 11) is 0. The number of fused-ring (bicyclic) bond motifs is 1. The quantitative estimate of drug-likeness (QED) is 0.437.